The molecule has 23 heavy (non-hydrogen) atoms. The van der Waals surface area contributed by atoms with Gasteiger partial charge in [0.05, 0.1) is 6.54 Å². The third-order valence-electron chi connectivity index (χ3n) is 2.88. The summed E-state index contributed by atoms with van der Waals surface area (Å²) in [4.78, 5) is 15.8. The van der Waals surface area contributed by atoms with Gasteiger partial charge in [-0.1, -0.05) is 17.3 Å². The van der Waals surface area contributed by atoms with Crippen LogP contribution >= 0.6 is 11.8 Å². The molecular formula is C15H18FN3O3S. The van der Waals surface area contributed by atoms with Crippen molar-refractivity contribution in [3.05, 3.63) is 47.4 Å². The number of halogens is 1. The second-order valence-electron chi connectivity index (χ2n) is 4.74. The van der Waals surface area contributed by atoms with Crippen LogP contribution in [0.1, 0.15) is 23.7 Å². The average Bonchev–Trinajstić information content (AvgIpc) is 2.99. The average molecular weight is 339 g/mol. The van der Waals surface area contributed by atoms with Gasteiger partial charge in [-0.25, -0.2) is 4.39 Å². The number of aromatic nitrogens is 2. The Kier molecular flexibility index (Phi) is 7.02. The van der Waals surface area contributed by atoms with Crippen LogP contribution in [-0.4, -0.2) is 28.9 Å². The number of carbonyl (C=O) groups excluding carboxylic acids is 1. The van der Waals surface area contributed by atoms with E-state index in [-0.39, 0.29) is 24.9 Å². The Morgan fingerprint density at radius 3 is 2.91 bits per heavy atom. The van der Waals surface area contributed by atoms with Gasteiger partial charge in [-0.2, -0.15) is 16.7 Å². The fraction of sp³-hybridized carbons (Fsp3) is 0.400. The largest absolute Gasteiger partial charge is 0.375 e. The number of hydrogen-bond donors (Lipinski definition) is 1. The molecule has 0 spiro atoms. The van der Waals surface area contributed by atoms with Gasteiger partial charge in [-0.3, -0.25) is 4.79 Å². The highest BCUT2D eigenvalue weighted by Gasteiger charge is 2.07. The molecule has 0 radical (unpaired) electrons. The van der Waals surface area contributed by atoms with E-state index in [0.717, 1.165) is 11.3 Å². The number of nitrogens with one attached hydrogen (secondary N) is 1. The van der Waals surface area contributed by atoms with E-state index < -0.39 is 0 Å². The molecule has 0 saturated carbocycles. The van der Waals surface area contributed by atoms with Crippen molar-refractivity contribution in [1.29, 1.82) is 0 Å². The second-order valence-corrected chi connectivity index (χ2v) is 5.85. The first kappa shape index (κ1) is 17.4. The molecule has 0 saturated heterocycles. The van der Waals surface area contributed by atoms with Crippen molar-refractivity contribution >= 4 is 17.7 Å². The van der Waals surface area contributed by atoms with E-state index in [0.29, 0.717) is 23.9 Å². The van der Waals surface area contributed by atoms with Crippen LogP contribution in [0.25, 0.3) is 0 Å². The number of amides is 1. The minimum Gasteiger partial charge on any atom is -0.375 e. The Labute approximate surface area is 137 Å². The smallest absolute Gasteiger partial charge is 0.252 e. The van der Waals surface area contributed by atoms with Crippen LogP contribution in [0.3, 0.4) is 0 Å². The summed E-state index contributed by atoms with van der Waals surface area (Å²) in [5.41, 5.74) is 1.04. The molecule has 1 N–H and O–H groups in total. The van der Waals surface area contributed by atoms with Crippen molar-refractivity contribution in [1.82, 2.24) is 15.5 Å². The maximum Gasteiger partial charge on any atom is 0.252 e. The van der Waals surface area contributed by atoms with E-state index in [9.17, 15) is 9.18 Å². The molecule has 0 aliphatic carbocycles. The van der Waals surface area contributed by atoms with Crippen molar-refractivity contribution in [2.24, 2.45) is 0 Å². The molecule has 124 valence electrons. The standard InChI is InChI=1S/C15H18FN3O3S/c1-21-9-15-18-13(19-22-15)8-17-14(20)6-7-23-10-11-2-4-12(16)5-3-11/h2-5H,6-10H2,1H3,(H,17,20). The Bertz CT molecular complexity index is 619. The van der Waals surface area contributed by atoms with Gasteiger partial charge in [0.2, 0.25) is 5.91 Å². The van der Waals surface area contributed by atoms with Gasteiger partial charge in [-0.15, -0.1) is 0 Å². The Balaban J connectivity index is 1.60. The number of benzene rings is 1. The van der Waals surface area contributed by atoms with Crippen molar-refractivity contribution in [2.75, 3.05) is 12.9 Å². The Morgan fingerprint density at radius 2 is 2.17 bits per heavy atom. The summed E-state index contributed by atoms with van der Waals surface area (Å²) in [6, 6.07) is 6.36. The predicted octanol–water partition coefficient (Wildman–Crippen LogP) is 2.29. The van der Waals surface area contributed by atoms with Crippen molar-refractivity contribution in [3.8, 4) is 0 Å². The van der Waals surface area contributed by atoms with Crippen LogP contribution in [-0.2, 0) is 28.4 Å². The molecule has 0 atom stereocenters. The molecule has 2 aromatic rings. The van der Waals surface area contributed by atoms with Gasteiger partial charge < -0.3 is 14.6 Å². The first-order valence-electron chi connectivity index (χ1n) is 7.06. The van der Waals surface area contributed by atoms with Gasteiger partial charge in [0.25, 0.3) is 5.89 Å². The number of ether oxygens (including phenoxy) is 1. The maximum absolute atomic E-state index is 12.8. The lowest BCUT2D eigenvalue weighted by atomic mass is 10.2. The first-order chi connectivity index (χ1) is 11.2. The number of methoxy groups -OCH3 is 1. The monoisotopic (exact) mass is 339 g/mol. The lowest BCUT2D eigenvalue weighted by Crippen LogP contribution is -2.23. The molecule has 1 aromatic heterocycles. The van der Waals surface area contributed by atoms with Gasteiger partial charge in [-0.05, 0) is 17.7 Å². The number of rotatable bonds is 9. The SMILES string of the molecule is COCc1nc(CNC(=O)CCSCc2ccc(F)cc2)no1. The van der Waals surface area contributed by atoms with Gasteiger partial charge in [0.15, 0.2) is 5.82 Å². The van der Waals surface area contributed by atoms with Crippen LogP contribution in [0, 0.1) is 5.82 Å². The molecule has 0 bridgehead atoms. The zero-order chi connectivity index (χ0) is 16.5. The molecule has 2 rings (SSSR count). The normalized spacial score (nSPS) is 10.7. The van der Waals surface area contributed by atoms with Crippen molar-refractivity contribution in [2.45, 2.75) is 25.3 Å². The quantitative estimate of drug-likeness (QED) is 0.706. The summed E-state index contributed by atoms with van der Waals surface area (Å²) < 4.78 is 22.6. The third-order valence-corrected chi connectivity index (χ3v) is 3.91. The fourth-order valence-corrected chi connectivity index (χ4v) is 2.65. The molecule has 0 aliphatic heterocycles. The zero-order valence-electron chi connectivity index (χ0n) is 12.8. The van der Waals surface area contributed by atoms with Gasteiger partial charge in [0.1, 0.15) is 12.4 Å². The van der Waals surface area contributed by atoms with Crippen molar-refractivity contribution in [3.63, 3.8) is 0 Å². The predicted molar refractivity (Wildman–Crippen MR) is 84.0 cm³/mol. The number of thioether (sulfide) groups is 1. The molecule has 8 heteroatoms. The summed E-state index contributed by atoms with van der Waals surface area (Å²) in [5, 5.41) is 6.47. The van der Waals surface area contributed by atoms with Crippen LogP contribution in [0.5, 0.6) is 0 Å². The fourth-order valence-electron chi connectivity index (χ4n) is 1.75. The van der Waals surface area contributed by atoms with Gasteiger partial charge >= 0.3 is 0 Å². The van der Waals surface area contributed by atoms with Crippen LogP contribution < -0.4 is 5.32 Å². The summed E-state index contributed by atoms with van der Waals surface area (Å²) in [6.45, 7) is 0.482. The van der Waals surface area contributed by atoms with E-state index in [2.05, 4.69) is 15.5 Å². The lowest BCUT2D eigenvalue weighted by Gasteiger charge is -2.03. The third kappa shape index (κ3) is 6.37. The summed E-state index contributed by atoms with van der Waals surface area (Å²) in [7, 11) is 1.54. The summed E-state index contributed by atoms with van der Waals surface area (Å²) >= 11 is 1.62. The van der Waals surface area contributed by atoms with E-state index >= 15 is 0 Å². The zero-order valence-corrected chi connectivity index (χ0v) is 13.6. The summed E-state index contributed by atoms with van der Waals surface area (Å²) in [6.07, 6.45) is 0.397. The molecule has 0 fully saturated rings. The van der Waals surface area contributed by atoms with Crippen LogP contribution in [0.2, 0.25) is 0 Å². The molecule has 1 amide bonds. The van der Waals surface area contributed by atoms with Crippen molar-refractivity contribution < 1.29 is 18.4 Å². The topological polar surface area (TPSA) is 77.2 Å². The maximum atomic E-state index is 12.8. The highest BCUT2D eigenvalue weighted by molar-refractivity contribution is 7.98. The van der Waals surface area contributed by atoms with E-state index in [1.54, 1.807) is 23.9 Å². The number of carbonyl (C=O) groups is 1. The lowest BCUT2D eigenvalue weighted by molar-refractivity contribution is -0.120. The highest BCUT2D eigenvalue weighted by atomic mass is 32.2. The molecule has 6 nitrogen and oxygen atoms in total. The van der Waals surface area contributed by atoms with E-state index in [4.69, 9.17) is 9.26 Å². The van der Waals surface area contributed by atoms with Gasteiger partial charge in [0, 0.05) is 25.0 Å². The summed E-state index contributed by atoms with van der Waals surface area (Å²) in [5.74, 6) is 1.92. The Hall–Kier alpha value is -1.93. The molecule has 1 heterocycles. The number of hydrogen-bond acceptors (Lipinski definition) is 6. The number of nitrogens with zero attached hydrogens (tertiary/aromatic N) is 2. The van der Waals surface area contributed by atoms with E-state index in [1.807, 2.05) is 0 Å². The molecule has 0 aliphatic rings. The Morgan fingerprint density at radius 1 is 1.39 bits per heavy atom. The first-order valence-corrected chi connectivity index (χ1v) is 8.22. The molecule has 1 aromatic carbocycles. The molecular weight excluding hydrogens is 321 g/mol. The molecule has 0 unspecified atom stereocenters. The van der Waals surface area contributed by atoms with E-state index in [1.165, 1.54) is 19.2 Å². The van der Waals surface area contributed by atoms with Crippen LogP contribution in [0.15, 0.2) is 28.8 Å². The minimum absolute atomic E-state index is 0.0744. The second kappa shape index (κ2) is 9.26. The minimum atomic E-state index is -0.242. The van der Waals surface area contributed by atoms with Crippen LogP contribution in [0.4, 0.5) is 4.39 Å². The highest BCUT2D eigenvalue weighted by Crippen LogP contribution is 2.13.